The standard InChI is InChI=1S/C27H16F4N2O11S2/c28-14-8-15(29)20(31)23(19(14)30)44-27(36)9-1-2-10(13(7-9)26(34)35)18-11-3-5-16(32)24(45(37,38)39)21(11)43-22-12(18)4-6-17(33)25(22)46(40,41)42/h1-8,11,21,33H,32H2,(H,34,35)(H,37,38,39)(H,40,41,42). The van der Waals surface area contributed by atoms with Gasteiger partial charge in [0, 0.05) is 17.6 Å². The predicted molar refractivity (Wildman–Crippen MR) is 147 cm³/mol. The molecule has 0 amide bonds. The van der Waals surface area contributed by atoms with E-state index in [1.165, 1.54) is 6.08 Å². The van der Waals surface area contributed by atoms with Gasteiger partial charge in [-0.25, -0.2) is 18.4 Å². The fourth-order valence-electron chi connectivity index (χ4n) is 5.04. The van der Waals surface area contributed by atoms with Crippen LogP contribution >= 0.6 is 0 Å². The van der Waals surface area contributed by atoms with Crippen LogP contribution in [-0.2, 0) is 25.0 Å². The van der Waals surface area contributed by atoms with Gasteiger partial charge in [-0.05, 0) is 41.5 Å². The second-order valence-corrected chi connectivity index (χ2v) is 12.4. The molecule has 0 aromatic heterocycles. The van der Waals surface area contributed by atoms with Crippen LogP contribution in [0.25, 0.3) is 5.57 Å². The number of hydrogen-bond donors (Lipinski definition) is 5. The number of allylic oxidation sites excluding steroid dienone is 4. The molecule has 2 atom stereocenters. The fraction of sp³-hybridized carbons (Fsp3) is 0.0741. The highest BCUT2D eigenvalue weighted by molar-refractivity contribution is 7.91. The molecule has 2 unspecified atom stereocenters. The molecule has 0 radical (unpaired) electrons. The molecule has 3 aliphatic rings. The minimum absolute atomic E-state index is 0.136. The van der Waals surface area contributed by atoms with Crippen molar-refractivity contribution in [3.8, 4) is 5.75 Å². The van der Waals surface area contributed by atoms with Crippen molar-refractivity contribution in [2.75, 3.05) is 0 Å². The second kappa shape index (κ2) is 11.1. The van der Waals surface area contributed by atoms with Crippen LogP contribution in [0.4, 0.5) is 17.6 Å². The van der Waals surface area contributed by atoms with Crippen LogP contribution in [0, 0.1) is 34.6 Å². The van der Waals surface area contributed by atoms with E-state index < -0.39 is 111 Å². The molecule has 0 bridgehead atoms. The summed E-state index contributed by atoms with van der Waals surface area (Å²) < 4.78 is 135. The Labute approximate surface area is 255 Å². The van der Waals surface area contributed by atoms with Crippen molar-refractivity contribution in [2.45, 2.75) is 6.10 Å². The molecular weight excluding hydrogens is 668 g/mol. The lowest BCUT2D eigenvalue weighted by molar-refractivity contribution is 0.0695. The molecule has 5 rings (SSSR count). The molecule has 0 saturated heterocycles. The van der Waals surface area contributed by atoms with Crippen molar-refractivity contribution in [3.63, 3.8) is 0 Å². The molecule has 13 nitrogen and oxygen atoms in total. The first-order valence-electron chi connectivity index (χ1n) is 12.3. The number of nitrogens with two attached hydrogens (primary N) is 1. The van der Waals surface area contributed by atoms with Crippen molar-refractivity contribution in [1.82, 2.24) is 0 Å². The van der Waals surface area contributed by atoms with Crippen molar-refractivity contribution >= 4 is 43.5 Å². The van der Waals surface area contributed by atoms with E-state index in [4.69, 9.17) is 15.9 Å². The van der Waals surface area contributed by atoms with Crippen LogP contribution in [-0.4, -0.2) is 54.8 Å². The lowest BCUT2D eigenvalue weighted by Crippen LogP contribution is -2.39. The quantitative estimate of drug-likeness (QED) is 0.0971. The van der Waals surface area contributed by atoms with Gasteiger partial charge in [0.2, 0.25) is 17.4 Å². The van der Waals surface area contributed by atoms with Gasteiger partial charge in [-0.2, -0.15) is 25.6 Å². The first kappa shape index (κ1) is 32.3. The molecule has 0 saturated carbocycles. The molecule has 6 N–H and O–H groups in total. The average Bonchev–Trinajstić information content (AvgIpc) is 2.95. The van der Waals surface area contributed by atoms with E-state index in [1.807, 2.05) is 0 Å². The minimum Gasteiger partial charge on any atom is -0.482 e. The maximum Gasteiger partial charge on any atom is 0.343 e. The Morgan fingerprint density at radius 3 is 2.13 bits per heavy atom. The van der Waals surface area contributed by atoms with Gasteiger partial charge >= 0.3 is 11.9 Å². The van der Waals surface area contributed by atoms with Crippen LogP contribution in [0.1, 0.15) is 26.3 Å². The summed E-state index contributed by atoms with van der Waals surface area (Å²) in [6.45, 7) is 0. The molecule has 2 aromatic carbocycles. The van der Waals surface area contributed by atoms with E-state index in [1.54, 1.807) is 0 Å². The molecule has 0 fully saturated rings. The van der Waals surface area contributed by atoms with Crippen molar-refractivity contribution < 1.29 is 67.7 Å². The Kier molecular flexibility index (Phi) is 7.76. The van der Waals surface area contributed by atoms with Gasteiger partial charge in [0.05, 0.1) is 22.5 Å². The van der Waals surface area contributed by atoms with Gasteiger partial charge in [-0.1, -0.05) is 12.1 Å². The number of esters is 1. The summed E-state index contributed by atoms with van der Waals surface area (Å²) in [5.74, 6) is -15.3. The third-order valence-electron chi connectivity index (χ3n) is 6.91. The Bertz CT molecular complexity index is 2160. The number of rotatable bonds is 6. The monoisotopic (exact) mass is 684 g/mol. The van der Waals surface area contributed by atoms with Gasteiger partial charge in [0.15, 0.2) is 22.3 Å². The minimum atomic E-state index is -5.27. The van der Waals surface area contributed by atoms with Crippen molar-refractivity contribution in [2.24, 2.45) is 11.7 Å². The van der Waals surface area contributed by atoms with Gasteiger partial charge < -0.3 is 20.3 Å². The Balaban J connectivity index is 1.75. The number of fused-ring (bicyclic) bond motifs is 2. The highest BCUT2D eigenvalue weighted by atomic mass is 32.2. The van der Waals surface area contributed by atoms with Gasteiger partial charge in [-0.3, -0.25) is 14.5 Å². The lowest BCUT2D eigenvalue weighted by Gasteiger charge is -2.39. The summed E-state index contributed by atoms with van der Waals surface area (Å²) in [6, 6.07) is 2.29. The third kappa shape index (κ3) is 5.38. The number of nitrogens with one attached hydrogen (secondary N) is 1. The topological polar surface area (TPSA) is 231 Å². The highest BCUT2D eigenvalue weighted by Gasteiger charge is 2.47. The summed E-state index contributed by atoms with van der Waals surface area (Å²) in [5, 5.41) is 18.1. The summed E-state index contributed by atoms with van der Waals surface area (Å²) >= 11 is 0. The first-order valence-corrected chi connectivity index (χ1v) is 15.2. The lowest BCUT2D eigenvalue weighted by atomic mass is 9.77. The molecule has 2 aliphatic carbocycles. The number of halogens is 4. The number of carboxylic acid groups (broad SMARTS) is 1. The molecule has 240 valence electrons. The molecule has 19 heteroatoms. The summed E-state index contributed by atoms with van der Waals surface area (Å²) in [5.41, 5.74) is 2.07. The molecule has 1 heterocycles. The molecule has 2 aromatic rings. The third-order valence-corrected chi connectivity index (χ3v) is 8.86. The number of carbonyl (C=O) groups excluding carboxylic acids is 1. The van der Waals surface area contributed by atoms with Crippen LogP contribution in [0.3, 0.4) is 0 Å². The number of carboxylic acids is 1. The van der Waals surface area contributed by atoms with Crippen LogP contribution in [0.2, 0.25) is 0 Å². The fourth-order valence-corrected chi connectivity index (χ4v) is 6.63. The van der Waals surface area contributed by atoms with Gasteiger partial charge in [0.1, 0.15) is 11.0 Å². The maximum absolute atomic E-state index is 14.1. The first-order chi connectivity index (χ1) is 21.3. The maximum atomic E-state index is 14.1. The zero-order chi connectivity index (χ0) is 34.0. The van der Waals surface area contributed by atoms with E-state index in [0.29, 0.717) is 6.07 Å². The van der Waals surface area contributed by atoms with Crippen LogP contribution in [0.15, 0.2) is 75.4 Å². The van der Waals surface area contributed by atoms with Crippen LogP contribution < -0.4 is 10.5 Å². The van der Waals surface area contributed by atoms with E-state index in [0.717, 1.165) is 30.4 Å². The number of ether oxygens (including phenoxy) is 2. The smallest absolute Gasteiger partial charge is 0.343 e. The highest BCUT2D eigenvalue weighted by Crippen LogP contribution is 2.49. The van der Waals surface area contributed by atoms with E-state index in [9.17, 15) is 58.2 Å². The molecule has 1 aliphatic heterocycles. The second-order valence-electron chi connectivity index (χ2n) is 9.68. The number of aromatic carboxylic acids is 1. The van der Waals surface area contributed by atoms with E-state index >= 15 is 0 Å². The Morgan fingerprint density at radius 2 is 1.57 bits per heavy atom. The predicted octanol–water partition coefficient (Wildman–Crippen LogP) is 3.25. The number of hydrogen-bond acceptors (Lipinski definition) is 10. The summed E-state index contributed by atoms with van der Waals surface area (Å²) in [4.78, 5) is 23.1. The number of carbonyl (C=O) groups is 2. The van der Waals surface area contributed by atoms with E-state index in [-0.39, 0.29) is 22.8 Å². The Hall–Kier alpha value is -5.11. The van der Waals surface area contributed by atoms with Crippen LogP contribution in [0.5, 0.6) is 5.75 Å². The van der Waals surface area contributed by atoms with E-state index in [2.05, 4.69) is 4.74 Å². The summed E-state index contributed by atoms with van der Waals surface area (Å²) in [7, 11) is -10.5. The SMILES string of the molecule is N=C1C=CC2=C(c3ccc(C(=O)Oc4c(F)c(F)cc(F)c4F)cc3C(=O)O)C3C=CC(N)=C(S(=O)(=O)O)C3OC2=C1S(=O)(=O)O. The molecular formula is C27H16F4N2O11S2. The van der Waals surface area contributed by atoms with Crippen molar-refractivity contribution in [1.29, 1.82) is 5.41 Å². The average molecular weight is 685 g/mol. The van der Waals surface area contributed by atoms with Crippen molar-refractivity contribution in [3.05, 3.63) is 115 Å². The molecule has 46 heavy (non-hydrogen) atoms. The largest absolute Gasteiger partial charge is 0.482 e. The zero-order valence-electron chi connectivity index (χ0n) is 22.3. The normalized spacial score (nSPS) is 19.6. The van der Waals surface area contributed by atoms with Gasteiger partial charge in [0.25, 0.3) is 20.2 Å². The zero-order valence-corrected chi connectivity index (χ0v) is 23.9. The molecule has 0 spiro atoms. The number of benzene rings is 2. The Morgan fingerprint density at radius 1 is 0.935 bits per heavy atom. The summed E-state index contributed by atoms with van der Waals surface area (Å²) in [6.07, 6.45) is 2.38. The van der Waals surface area contributed by atoms with Gasteiger partial charge in [-0.15, -0.1) is 0 Å².